The van der Waals surface area contributed by atoms with Gasteiger partial charge in [-0.25, -0.2) is 5.43 Å². The van der Waals surface area contributed by atoms with E-state index >= 15 is 0 Å². The second-order valence-corrected chi connectivity index (χ2v) is 13.8. The van der Waals surface area contributed by atoms with Gasteiger partial charge in [-0.2, -0.15) is 0 Å². The highest BCUT2D eigenvalue weighted by atomic mass is 15.3. The van der Waals surface area contributed by atoms with Gasteiger partial charge in [0.1, 0.15) is 6.17 Å². The van der Waals surface area contributed by atoms with Crippen molar-refractivity contribution >= 4 is 27.5 Å². The first-order valence-electron chi connectivity index (χ1n) is 17.3. The summed E-state index contributed by atoms with van der Waals surface area (Å²) in [5.41, 5.74) is 18.8. The Morgan fingerprint density at radius 3 is 1.88 bits per heavy atom. The number of rotatable bonds is 7. The zero-order chi connectivity index (χ0) is 33.8. The molecule has 0 bridgehead atoms. The molecule has 1 atom stereocenters. The molecular formula is C46H38N4. The monoisotopic (exact) mass is 646 g/mol. The zero-order valence-electron chi connectivity index (χ0n) is 28.2. The summed E-state index contributed by atoms with van der Waals surface area (Å²) >= 11 is 0. The second kappa shape index (κ2) is 11.9. The summed E-state index contributed by atoms with van der Waals surface area (Å²) in [7, 11) is 0. The molecule has 1 aliphatic rings. The van der Waals surface area contributed by atoms with Gasteiger partial charge in [0.15, 0.2) is 0 Å². The van der Waals surface area contributed by atoms with Gasteiger partial charge in [0, 0.05) is 27.6 Å². The van der Waals surface area contributed by atoms with E-state index in [1.54, 1.807) is 0 Å². The molecular weight excluding hydrogens is 609 g/mol. The van der Waals surface area contributed by atoms with Crippen LogP contribution < -0.4 is 16.6 Å². The van der Waals surface area contributed by atoms with E-state index < -0.39 is 0 Å². The highest BCUT2D eigenvalue weighted by Gasteiger charge is 2.35. The molecule has 50 heavy (non-hydrogen) atoms. The molecule has 0 saturated heterocycles. The number of fused-ring (bicyclic) bond motifs is 6. The third-order valence-corrected chi connectivity index (χ3v) is 10.5. The summed E-state index contributed by atoms with van der Waals surface area (Å²) in [5, 5.41) is 5.98. The van der Waals surface area contributed by atoms with Crippen LogP contribution in [0, 0.1) is 0 Å². The van der Waals surface area contributed by atoms with Crippen LogP contribution in [0.25, 0.3) is 60.9 Å². The number of aromatic nitrogens is 1. The Balaban J connectivity index is 1.03. The number of hydrogen-bond acceptors (Lipinski definition) is 3. The Kier molecular flexibility index (Phi) is 7.16. The Morgan fingerprint density at radius 2 is 1.12 bits per heavy atom. The van der Waals surface area contributed by atoms with Crippen molar-refractivity contribution in [3.05, 3.63) is 180 Å². The number of hydrazine groups is 1. The third-order valence-electron chi connectivity index (χ3n) is 10.5. The maximum absolute atomic E-state index is 5.90. The van der Waals surface area contributed by atoms with E-state index in [2.05, 4.69) is 175 Å². The second-order valence-electron chi connectivity index (χ2n) is 13.8. The Morgan fingerprint density at radius 1 is 0.520 bits per heavy atom. The number of nitrogens with two attached hydrogens (primary N) is 1. The molecule has 242 valence electrons. The van der Waals surface area contributed by atoms with Gasteiger partial charge in [-0.15, -0.1) is 0 Å². The average molecular weight is 647 g/mol. The molecule has 4 N–H and O–H groups in total. The van der Waals surface area contributed by atoms with Crippen LogP contribution in [0.1, 0.15) is 36.7 Å². The van der Waals surface area contributed by atoms with Crippen molar-refractivity contribution < 1.29 is 0 Å². The first-order valence-corrected chi connectivity index (χ1v) is 17.3. The smallest absolute Gasteiger partial charge is 0.115 e. The normalized spacial score (nSPS) is 13.7. The number of nitrogens with zero attached hydrogens (tertiary/aromatic N) is 1. The lowest BCUT2D eigenvalue weighted by Crippen LogP contribution is -2.33. The summed E-state index contributed by atoms with van der Waals surface area (Å²) in [6.07, 6.45) is -0.193. The number of nitrogens with one attached hydrogen (secondary N) is 2. The standard InChI is InChI=1S/C46H38N4/c1-46(2)41-14-8-6-12-37(41)38-26-20-34(29-42(38)46)31-18-16-30(17-19-31)33-21-27-44-40(28-33)39-13-7-9-15-43(39)50(44)36-24-22-35(23-25-36)48-45(49-47)32-10-4-3-5-11-32/h3-29,45,48-49H,47H2,1-2H3. The van der Waals surface area contributed by atoms with E-state index in [1.165, 1.54) is 66.3 Å². The van der Waals surface area contributed by atoms with Crippen LogP contribution >= 0.6 is 0 Å². The molecule has 9 rings (SSSR count). The quantitative estimate of drug-likeness (QED) is 0.0917. The zero-order valence-corrected chi connectivity index (χ0v) is 28.2. The number of hydrogen-bond donors (Lipinski definition) is 3. The Labute approximate surface area is 292 Å². The molecule has 0 saturated carbocycles. The molecule has 1 aliphatic carbocycles. The van der Waals surface area contributed by atoms with Crippen LogP contribution in [0.4, 0.5) is 5.69 Å². The SMILES string of the molecule is CC1(C)c2ccccc2-c2ccc(-c3ccc(-c4ccc5c(c4)c4ccccc4n5-c4ccc(NC(NN)c5ccccc5)cc4)cc3)cc21. The highest BCUT2D eigenvalue weighted by molar-refractivity contribution is 6.10. The molecule has 7 aromatic carbocycles. The summed E-state index contributed by atoms with van der Waals surface area (Å²) in [5.74, 6) is 5.90. The van der Waals surface area contributed by atoms with Gasteiger partial charge < -0.3 is 9.88 Å². The number of benzene rings is 7. The number of para-hydroxylation sites is 1. The third kappa shape index (κ3) is 4.92. The topological polar surface area (TPSA) is 55.0 Å². The molecule has 1 heterocycles. The molecule has 0 spiro atoms. The molecule has 0 radical (unpaired) electrons. The molecule has 1 aromatic heterocycles. The van der Waals surface area contributed by atoms with Crippen LogP contribution in [0.15, 0.2) is 164 Å². The molecule has 8 aromatic rings. The van der Waals surface area contributed by atoms with Crippen molar-refractivity contribution in [3.8, 4) is 39.1 Å². The molecule has 1 unspecified atom stereocenters. The van der Waals surface area contributed by atoms with Gasteiger partial charge in [0.2, 0.25) is 0 Å². The first-order chi connectivity index (χ1) is 24.5. The van der Waals surface area contributed by atoms with Gasteiger partial charge in [-0.05, 0) is 98.6 Å². The number of anilines is 1. The summed E-state index contributed by atoms with van der Waals surface area (Å²) < 4.78 is 2.35. The van der Waals surface area contributed by atoms with E-state index in [-0.39, 0.29) is 11.6 Å². The maximum atomic E-state index is 5.90. The van der Waals surface area contributed by atoms with Gasteiger partial charge in [0.05, 0.1) is 11.0 Å². The highest BCUT2D eigenvalue weighted by Crippen LogP contribution is 2.49. The summed E-state index contributed by atoms with van der Waals surface area (Å²) in [4.78, 5) is 0. The predicted molar refractivity (Wildman–Crippen MR) is 209 cm³/mol. The maximum Gasteiger partial charge on any atom is 0.115 e. The average Bonchev–Trinajstić information content (AvgIpc) is 3.62. The lowest BCUT2D eigenvalue weighted by molar-refractivity contribution is 0.616. The Hall–Kier alpha value is -5.94. The lowest BCUT2D eigenvalue weighted by Gasteiger charge is -2.22. The van der Waals surface area contributed by atoms with Gasteiger partial charge in [0.25, 0.3) is 0 Å². The van der Waals surface area contributed by atoms with Crippen molar-refractivity contribution in [1.29, 1.82) is 0 Å². The van der Waals surface area contributed by atoms with Crippen LogP contribution in [0.2, 0.25) is 0 Å². The van der Waals surface area contributed by atoms with Crippen molar-refractivity contribution in [3.63, 3.8) is 0 Å². The largest absolute Gasteiger partial charge is 0.365 e. The van der Waals surface area contributed by atoms with Gasteiger partial charge >= 0.3 is 0 Å². The van der Waals surface area contributed by atoms with Gasteiger partial charge in [-0.3, -0.25) is 5.84 Å². The fraction of sp³-hybridized carbons (Fsp3) is 0.0870. The van der Waals surface area contributed by atoms with E-state index in [1.807, 2.05) is 18.2 Å². The minimum absolute atomic E-state index is 0.0111. The van der Waals surface area contributed by atoms with E-state index in [9.17, 15) is 0 Å². The fourth-order valence-electron chi connectivity index (χ4n) is 7.91. The van der Waals surface area contributed by atoms with Crippen molar-refractivity contribution in [1.82, 2.24) is 9.99 Å². The minimum Gasteiger partial charge on any atom is -0.365 e. The van der Waals surface area contributed by atoms with Gasteiger partial charge in [-0.1, -0.05) is 129 Å². The van der Waals surface area contributed by atoms with Crippen LogP contribution in [0.3, 0.4) is 0 Å². The molecule has 0 amide bonds. The van der Waals surface area contributed by atoms with Crippen molar-refractivity contribution in [2.45, 2.75) is 25.4 Å². The van der Waals surface area contributed by atoms with E-state index in [0.29, 0.717) is 0 Å². The fourth-order valence-corrected chi connectivity index (χ4v) is 7.91. The minimum atomic E-state index is -0.193. The van der Waals surface area contributed by atoms with Crippen molar-refractivity contribution in [2.75, 3.05) is 5.32 Å². The Bertz CT molecular complexity index is 2510. The lowest BCUT2D eigenvalue weighted by atomic mass is 9.81. The summed E-state index contributed by atoms with van der Waals surface area (Å²) in [6.45, 7) is 4.68. The van der Waals surface area contributed by atoms with Crippen LogP contribution in [0.5, 0.6) is 0 Å². The molecule has 4 nitrogen and oxygen atoms in total. The molecule has 4 heteroatoms. The molecule has 0 fully saturated rings. The summed E-state index contributed by atoms with van der Waals surface area (Å²) in [6, 6.07) is 59.0. The van der Waals surface area contributed by atoms with Crippen LogP contribution in [-0.4, -0.2) is 4.57 Å². The predicted octanol–water partition coefficient (Wildman–Crippen LogP) is 11.0. The van der Waals surface area contributed by atoms with E-state index in [4.69, 9.17) is 5.84 Å². The molecule has 0 aliphatic heterocycles. The van der Waals surface area contributed by atoms with E-state index in [0.717, 1.165) is 16.9 Å². The van der Waals surface area contributed by atoms with Crippen molar-refractivity contribution in [2.24, 2.45) is 5.84 Å². The van der Waals surface area contributed by atoms with Crippen LogP contribution in [-0.2, 0) is 5.41 Å². The first kappa shape index (κ1) is 30.1.